The number of nitrogens with zero attached hydrogens (tertiary/aromatic N) is 2. The zero-order chi connectivity index (χ0) is 14.4. The number of hydrogen-bond acceptors (Lipinski definition) is 3. The minimum atomic E-state index is -0.384. The number of rotatable bonds is 6. The highest BCUT2D eigenvalue weighted by Crippen LogP contribution is 2.21. The van der Waals surface area contributed by atoms with Crippen molar-refractivity contribution in [2.75, 3.05) is 0 Å². The molecule has 5 heteroatoms. The molecule has 3 atom stereocenters. The SMILES string of the molecule is CCCC(CC(=O)N[C@H]1CCCC[C@@H]1O)n1ccnc1. The Kier molecular flexibility index (Phi) is 5.59. The van der Waals surface area contributed by atoms with Crippen LogP contribution >= 0.6 is 0 Å². The van der Waals surface area contributed by atoms with Crippen molar-refractivity contribution >= 4 is 5.91 Å². The van der Waals surface area contributed by atoms with Crippen LogP contribution in [0.25, 0.3) is 0 Å². The van der Waals surface area contributed by atoms with Crippen LogP contribution in [0.4, 0.5) is 0 Å². The van der Waals surface area contributed by atoms with Gasteiger partial charge in [0.25, 0.3) is 0 Å². The number of hydrogen-bond donors (Lipinski definition) is 2. The van der Waals surface area contributed by atoms with Gasteiger partial charge in [-0.2, -0.15) is 0 Å². The van der Waals surface area contributed by atoms with E-state index in [-0.39, 0.29) is 24.1 Å². The minimum absolute atomic E-state index is 0.0306. The van der Waals surface area contributed by atoms with Crippen LogP contribution in [0.3, 0.4) is 0 Å². The molecule has 1 aromatic heterocycles. The summed E-state index contributed by atoms with van der Waals surface area (Å²) < 4.78 is 2.00. The molecule has 20 heavy (non-hydrogen) atoms. The first-order chi connectivity index (χ1) is 9.70. The van der Waals surface area contributed by atoms with E-state index in [1.165, 1.54) is 0 Å². The Balaban J connectivity index is 1.88. The van der Waals surface area contributed by atoms with Crippen LogP contribution in [-0.4, -0.2) is 32.7 Å². The molecule has 1 heterocycles. The van der Waals surface area contributed by atoms with Crippen LogP contribution in [0.1, 0.15) is 57.9 Å². The Hall–Kier alpha value is -1.36. The fourth-order valence-corrected chi connectivity index (χ4v) is 2.93. The van der Waals surface area contributed by atoms with Crippen molar-refractivity contribution < 1.29 is 9.90 Å². The van der Waals surface area contributed by atoms with Crippen LogP contribution in [-0.2, 0) is 4.79 Å². The van der Waals surface area contributed by atoms with E-state index in [9.17, 15) is 9.90 Å². The Morgan fingerprint density at radius 2 is 2.30 bits per heavy atom. The van der Waals surface area contributed by atoms with Gasteiger partial charge in [0.1, 0.15) is 0 Å². The van der Waals surface area contributed by atoms with E-state index in [2.05, 4.69) is 17.2 Å². The van der Waals surface area contributed by atoms with Gasteiger partial charge in [-0.3, -0.25) is 4.79 Å². The number of nitrogens with one attached hydrogen (secondary N) is 1. The average molecular weight is 279 g/mol. The van der Waals surface area contributed by atoms with E-state index in [0.29, 0.717) is 6.42 Å². The monoisotopic (exact) mass is 279 g/mol. The summed E-state index contributed by atoms with van der Waals surface area (Å²) in [5.74, 6) is 0.0306. The Bertz CT molecular complexity index is 405. The summed E-state index contributed by atoms with van der Waals surface area (Å²) in [6, 6.07) is 0.0875. The van der Waals surface area contributed by atoms with Crippen LogP contribution in [0.2, 0.25) is 0 Å². The van der Waals surface area contributed by atoms with Gasteiger partial charge in [0, 0.05) is 24.9 Å². The second kappa shape index (κ2) is 7.43. The topological polar surface area (TPSA) is 67.2 Å². The lowest BCUT2D eigenvalue weighted by atomic mass is 9.92. The van der Waals surface area contributed by atoms with E-state index in [1.54, 1.807) is 12.5 Å². The molecule has 2 N–H and O–H groups in total. The molecule has 1 aliphatic rings. The molecule has 0 radical (unpaired) electrons. The molecule has 5 nitrogen and oxygen atoms in total. The first-order valence-electron chi connectivity index (χ1n) is 7.65. The molecule has 1 saturated carbocycles. The molecular weight excluding hydrogens is 254 g/mol. The zero-order valence-corrected chi connectivity index (χ0v) is 12.2. The molecule has 1 fully saturated rings. The smallest absolute Gasteiger partial charge is 0.222 e. The van der Waals surface area contributed by atoms with Crippen LogP contribution < -0.4 is 5.32 Å². The summed E-state index contributed by atoms with van der Waals surface area (Å²) in [5, 5.41) is 12.9. The van der Waals surface area contributed by atoms with E-state index < -0.39 is 0 Å². The van der Waals surface area contributed by atoms with Gasteiger partial charge >= 0.3 is 0 Å². The van der Waals surface area contributed by atoms with Gasteiger partial charge in [0.2, 0.25) is 5.91 Å². The third-order valence-electron chi connectivity index (χ3n) is 4.07. The highest BCUT2D eigenvalue weighted by molar-refractivity contribution is 5.76. The molecule has 0 saturated heterocycles. The molecule has 0 aliphatic heterocycles. The molecule has 1 aromatic rings. The zero-order valence-electron chi connectivity index (χ0n) is 12.2. The fourth-order valence-electron chi connectivity index (χ4n) is 2.93. The number of aliphatic hydroxyl groups excluding tert-OH is 1. The standard InChI is InChI=1S/C15H25N3O2/c1-2-5-12(18-9-8-16-11-18)10-15(20)17-13-6-3-4-7-14(13)19/h8-9,11-14,19H,2-7,10H2,1H3,(H,17,20)/t12?,13-,14-/m0/s1. The van der Waals surface area contributed by atoms with Crippen molar-refractivity contribution in [3.8, 4) is 0 Å². The number of imidazole rings is 1. The lowest BCUT2D eigenvalue weighted by Gasteiger charge is -2.29. The second-order valence-electron chi connectivity index (χ2n) is 5.68. The van der Waals surface area contributed by atoms with Crippen molar-refractivity contribution in [1.29, 1.82) is 0 Å². The summed E-state index contributed by atoms with van der Waals surface area (Å²) in [4.78, 5) is 16.2. The van der Waals surface area contributed by atoms with Gasteiger partial charge in [-0.05, 0) is 19.3 Å². The van der Waals surface area contributed by atoms with E-state index in [1.807, 2.05) is 10.8 Å². The lowest BCUT2D eigenvalue weighted by Crippen LogP contribution is -2.45. The Labute approximate surface area is 120 Å². The van der Waals surface area contributed by atoms with E-state index in [4.69, 9.17) is 0 Å². The predicted molar refractivity (Wildman–Crippen MR) is 77.2 cm³/mol. The molecular formula is C15H25N3O2. The van der Waals surface area contributed by atoms with Gasteiger partial charge in [-0.25, -0.2) is 4.98 Å². The molecule has 1 unspecified atom stereocenters. The summed E-state index contributed by atoms with van der Waals surface area (Å²) >= 11 is 0. The van der Waals surface area contributed by atoms with Crippen molar-refractivity contribution in [2.45, 2.75) is 70.1 Å². The van der Waals surface area contributed by atoms with Gasteiger partial charge in [-0.15, -0.1) is 0 Å². The highest BCUT2D eigenvalue weighted by Gasteiger charge is 2.25. The van der Waals surface area contributed by atoms with Gasteiger partial charge in [0.15, 0.2) is 0 Å². The fraction of sp³-hybridized carbons (Fsp3) is 0.733. The van der Waals surface area contributed by atoms with Gasteiger partial charge in [0.05, 0.1) is 18.5 Å². The number of amides is 1. The minimum Gasteiger partial charge on any atom is -0.391 e. The second-order valence-corrected chi connectivity index (χ2v) is 5.68. The molecule has 2 rings (SSSR count). The van der Waals surface area contributed by atoms with Crippen molar-refractivity contribution in [3.05, 3.63) is 18.7 Å². The lowest BCUT2D eigenvalue weighted by molar-refractivity contribution is -0.123. The predicted octanol–water partition coefficient (Wildman–Crippen LogP) is 2.03. The molecule has 0 bridgehead atoms. The van der Waals surface area contributed by atoms with Crippen LogP contribution in [0.5, 0.6) is 0 Å². The first-order valence-corrected chi connectivity index (χ1v) is 7.65. The Morgan fingerprint density at radius 3 is 2.95 bits per heavy atom. The average Bonchev–Trinajstić information content (AvgIpc) is 2.95. The summed E-state index contributed by atoms with van der Waals surface area (Å²) in [5.41, 5.74) is 0. The maximum Gasteiger partial charge on any atom is 0.222 e. The van der Waals surface area contributed by atoms with E-state index >= 15 is 0 Å². The molecule has 0 aromatic carbocycles. The first kappa shape index (κ1) is 15.0. The highest BCUT2D eigenvalue weighted by atomic mass is 16.3. The quantitative estimate of drug-likeness (QED) is 0.837. The number of carbonyl (C=O) groups is 1. The van der Waals surface area contributed by atoms with Crippen molar-refractivity contribution in [2.24, 2.45) is 0 Å². The maximum absolute atomic E-state index is 12.2. The summed E-state index contributed by atoms with van der Waals surface area (Å²) in [6.45, 7) is 2.12. The molecule has 1 aliphatic carbocycles. The normalized spacial score (nSPS) is 24.3. The van der Waals surface area contributed by atoms with Gasteiger partial charge in [-0.1, -0.05) is 26.2 Å². The number of aromatic nitrogens is 2. The third kappa shape index (κ3) is 4.07. The number of carbonyl (C=O) groups excluding carboxylic acids is 1. The summed E-state index contributed by atoms with van der Waals surface area (Å²) in [7, 11) is 0. The largest absolute Gasteiger partial charge is 0.391 e. The Morgan fingerprint density at radius 1 is 1.50 bits per heavy atom. The molecule has 112 valence electrons. The van der Waals surface area contributed by atoms with Crippen molar-refractivity contribution in [1.82, 2.24) is 14.9 Å². The van der Waals surface area contributed by atoms with Crippen molar-refractivity contribution in [3.63, 3.8) is 0 Å². The molecule has 1 amide bonds. The van der Waals surface area contributed by atoms with Gasteiger partial charge < -0.3 is 15.0 Å². The van der Waals surface area contributed by atoms with E-state index in [0.717, 1.165) is 38.5 Å². The van der Waals surface area contributed by atoms with Crippen LogP contribution in [0, 0.1) is 0 Å². The molecule has 0 spiro atoms. The number of aliphatic hydroxyl groups is 1. The summed E-state index contributed by atoms with van der Waals surface area (Å²) in [6.07, 6.45) is 11.3. The third-order valence-corrected chi connectivity index (χ3v) is 4.07. The maximum atomic E-state index is 12.2. The van der Waals surface area contributed by atoms with Crippen LogP contribution in [0.15, 0.2) is 18.7 Å².